The van der Waals surface area contributed by atoms with Gasteiger partial charge in [0.25, 0.3) is 0 Å². The van der Waals surface area contributed by atoms with Gasteiger partial charge in [-0.1, -0.05) is 0 Å². The highest BCUT2D eigenvalue weighted by Crippen LogP contribution is 2.35. The van der Waals surface area contributed by atoms with Gasteiger partial charge in [0.2, 0.25) is 0 Å². The van der Waals surface area contributed by atoms with E-state index in [9.17, 15) is 4.39 Å². The standard InChI is InChI=1S/C13H14FN3/c1-13(15)7-6-9-8-16-17(12(9)13)11-4-2-10(14)3-5-11/h2-5,8H,6-7,15H2,1H3. The number of nitrogens with two attached hydrogens (primary N) is 1. The maximum atomic E-state index is 12.9. The molecular weight excluding hydrogens is 217 g/mol. The molecule has 2 aromatic rings. The first-order chi connectivity index (χ1) is 8.08. The molecule has 4 heteroatoms. The van der Waals surface area contributed by atoms with Crippen LogP contribution in [-0.2, 0) is 12.0 Å². The van der Waals surface area contributed by atoms with Gasteiger partial charge in [-0.3, -0.25) is 0 Å². The summed E-state index contributed by atoms with van der Waals surface area (Å²) in [7, 11) is 0. The molecule has 0 bridgehead atoms. The number of nitrogens with zero attached hydrogens (tertiary/aromatic N) is 2. The first-order valence-corrected chi connectivity index (χ1v) is 5.70. The Balaban J connectivity index is 2.14. The summed E-state index contributed by atoms with van der Waals surface area (Å²) in [5.74, 6) is -0.243. The van der Waals surface area contributed by atoms with Crippen LogP contribution in [0.15, 0.2) is 30.5 Å². The normalized spacial score (nSPS) is 22.8. The monoisotopic (exact) mass is 231 g/mol. The minimum atomic E-state index is -0.347. The predicted molar refractivity (Wildman–Crippen MR) is 63.4 cm³/mol. The molecule has 0 radical (unpaired) electrons. The van der Waals surface area contributed by atoms with Crippen LogP contribution in [0.2, 0.25) is 0 Å². The zero-order chi connectivity index (χ0) is 12.0. The number of hydrogen-bond donors (Lipinski definition) is 1. The molecule has 1 aromatic carbocycles. The highest BCUT2D eigenvalue weighted by Gasteiger charge is 2.34. The zero-order valence-corrected chi connectivity index (χ0v) is 9.65. The van der Waals surface area contributed by atoms with Gasteiger partial charge in [0, 0.05) is 0 Å². The van der Waals surface area contributed by atoms with Crippen molar-refractivity contribution in [2.24, 2.45) is 5.73 Å². The largest absolute Gasteiger partial charge is 0.320 e. The summed E-state index contributed by atoms with van der Waals surface area (Å²) in [5, 5.41) is 4.35. The Morgan fingerprint density at radius 1 is 1.35 bits per heavy atom. The van der Waals surface area contributed by atoms with Crippen molar-refractivity contribution >= 4 is 0 Å². The van der Waals surface area contributed by atoms with Crippen molar-refractivity contribution in [1.82, 2.24) is 9.78 Å². The molecule has 1 atom stereocenters. The van der Waals surface area contributed by atoms with Gasteiger partial charge >= 0.3 is 0 Å². The Kier molecular flexibility index (Phi) is 2.10. The van der Waals surface area contributed by atoms with Gasteiger partial charge in [0.05, 0.1) is 23.1 Å². The molecule has 0 saturated carbocycles. The summed E-state index contributed by atoms with van der Waals surface area (Å²) in [6.07, 6.45) is 3.75. The van der Waals surface area contributed by atoms with E-state index in [0.717, 1.165) is 24.2 Å². The van der Waals surface area contributed by atoms with E-state index in [1.165, 1.54) is 17.7 Å². The highest BCUT2D eigenvalue weighted by molar-refractivity contribution is 5.40. The van der Waals surface area contributed by atoms with E-state index < -0.39 is 0 Å². The van der Waals surface area contributed by atoms with Crippen molar-refractivity contribution < 1.29 is 4.39 Å². The maximum absolute atomic E-state index is 12.9. The van der Waals surface area contributed by atoms with Crippen LogP contribution in [0, 0.1) is 5.82 Å². The van der Waals surface area contributed by atoms with Crippen molar-refractivity contribution in [2.75, 3.05) is 0 Å². The molecule has 0 fully saturated rings. The van der Waals surface area contributed by atoms with Crippen LogP contribution in [0.3, 0.4) is 0 Å². The van der Waals surface area contributed by atoms with E-state index >= 15 is 0 Å². The number of rotatable bonds is 1. The van der Waals surface area contributed by atoms with Gasteiger partial charge in [-0.05, 0) is 49.6 Å². The third kappa shape index (κ3) is 1.56. The zero-order valence-electron chi connectivity index (χ0n) is 9.65. The van der Waals surface area contributed by atoms with Crippen LogP contribution in [-0.4, -0.2) is 9.78 Å². The minimum Gasteiger partial charge on any atom is -0.320 e. The Morgan fingerprint density at radius 2 is 2.06 bits per heavy atom. The van der Waals surface area contributed by atoms with Gasteiger partial charge in [0.15, 0.2) is 0 Å². The Bertz CT molecular complexity index is 555. The summed E-state index contributed by atoms with van der Waals surface area (Å²) >= 11 is 0. The van der Waals surface area contributed by atoms with Gasteiger partial charge in [0.1, 0.15) is 5.82 Å². The predicted octanol–water partition coefficient (Wildman–Crippen LogP) is 2.13. The van der Waals surface area contributed by atoms with Crippen molar-refractivity contribution in [2.45, 2.75) is 25.3 Å². The van der Waals surface area contributed by atoms with Gasteiger partial charge < -0.3 is 5.73 Å². The molecule has 0 spiro atoms. The summed E-state index contributed by atoms with van der Waals surface area (Å²) in [4.78, 5) is 0. The summed E-state index contributed by atoms with van der Waals surface area (Å²) in [6, 6.07) is 6.31. The second-order valence-corrected chi connectivity index (χ2v) is 4.82. The molecule has 2 N–H and O–H groups in total. The van der Waals surface area contributed by atoms with Crippen molar-refractivity contribution in [3.63, 3.8) is 0 Å². The topological polar surface area (TPSA) is 43.8 Å². The molecular formula is C13H14FN3. The van der Waals surface area contributed by atoms with E-state index in [-0.39, 0.29) is 11.4 Å². The molecule has 88 valence electrons. The molecule has 0 amide bonds. The van der Waals surface area contributed by atoms with E-state index in [1.807, 2.05) is 17.8 Å². The molecule has 0 saturated heterocycles. The molecule has 0 aliphatic heterocycles. The first kappa shape index (κ1) is 10.5. The second-order valence-electron chi connectivity index (χ2n) is 4.82. The fourth-order valence-electron chi connectivity index (χ4n) is 2.46. The van der Waals surface area contributed by atoms with Crippen molar-refractivity contribution in [3.05, 3.63) is 47.5 Å². The van der Waals surface area contributed by atoms with Crippen molar-refractivity contribution in [1.29, 1.82) is 0 Å². The Labute approximate surface area is 99.1 Å². The number of aryl methyl sites for hydroxylation is 1. The third-order valence-corrected chi connectivity index (χ3v) is 3.37. The summed E-state index contributed by atoms with van der Waals surface area (Å²) < 4.78 is 14.7. The number of halogens is 1. The van der Waals surface area contributed by atoms with Crippen LogP contribution >= 0.6 is 0 Å². The first-order valence-electron chi connectivity index (χ1n) is 5.70. The molecule has 3 rings (SSSR count). The SMILES string of the molecule is CC1(N)CCc2cnn(-c3ccc(F)cc3)c21. The quantitative estimate of drug-likeness (QED) is 0.817. The van der Waals surface area contributed by atoms with Crippen LogP contribution in [0.25, 0.3) is 5.69 Å². The lowest BCUT2D eigenvalue weighted by Gasteiger charge is -2.20. The van der Waals surface area contributed by atoms with E-state index in [2.05, 4.69) is 5.10 Å². The summed E-state index contributed by atoms with van der Waals surface area (Å²) in [5.41, 5.74) is 9.01. The van der Waals surface area contributed by atoms with Gasteiger partial charge in [-0.25, -0.2) is 9.07 Å². The molecule has 1 aliphatic rings. The number of benzene rings is 1. The smallest absolute Gasteiger partial charge is 0.123 e. The van der Waals surface area contributed by atoms with Gasteiger partial charge in [-0.2, -0.15) is 5.10 Å². The average molecular weight is 231 g/mol. The lowest BCUT2D eigenvalue weighted by atomic mass is 10.0. The Hall–Kier alpha value is -1.68. The molecule has 3 nitrogen and oxygen atoms in total. The van der Waals surface area contributed by atoms with Crippen LogP contribution in [0.1, 0.15) is 24.6 Å². The lowest BCUT2D eigenvalue weighted by molar-refractivity contribution is 0.462. The molecule has 1 aliphatic carbocycles. The average Bonchev–Trinajstić information content (AvgIpc) is 2.83. The highest BCUT2D eigenvalue weighted by atomic mass is 19.1. The van der Waals surface area contributed by atoms with E-state index in [4.69, 9.17) is 5.73 Å². The summed E-state index contributed by atoms with van der Waals surface area (Å²) in [6.45, 7) is 2.01. The van der Waals surface area contributed by atoms with E-state index in [0.29, 0.717) is 0 Å². The fraction of sp³-hybridized carbons (Fsp3) is 0.308. The molecule has 17 heavy (non-hydrogen) atoms. The van der Waals surface area contributed by atoms with Crippen LogP contribution in [0.4, 0.5) is 4.39 Å². The van der Waals surface area contributed by atoms with Crippen LogP contribution < -0.4 is 5.73 Å². The van der Waals surface area contributed by atoms with Gasteiger partial charge in [-0.15, -0.1) is 0 Å². The molecule has 1 aromatic heterocycles. The fourth-order valence-corrected chi connectivity index (χ4v) is 2.46. The lowest BCUT2D eigenvalue weighted by Crippen LogP contribution is -2.32. The molecule has 1 unspecified atom stereocenters. The van der Waals surface area contributed by atoms with Crippen molar-refractivity contribution in [3.8, 4) is 5.69 Å². The minimum absolute atomic E-state index is 0.243. The number of hydrogen-bond acceptors (Lipinski definition) is 2. The number of aromatic nitrogens is 2. The van der Waals surface area contributed by atoms with Crippen LogP contribution in [0.5, 0.6) is 0 Å². The van der Waals surface area contributed by atoms with E-state index in [1.54, 1.807) is 12.1 Å². The second kappa shape index (κ2) is 3.40. The Morgan fingerprint density at radius 3 is 2.76 bits per heavy atom. The molecule has 1 heterocycles. The third-order valence-electron chi connectivity index (χ3n) is 3.37. The maximum Gasteiger partial charge on any atom is 0.123 e. The number of fused-ring (bicyclic) bond motifs is 1.